The number of hydrogen-bond acceptors (Lipinski definition) is 4. The zero-order valence-electron chi connectivity index (χ0n) is 17.5. The molecular weight excluding hydrogens is 374 g/mol. The van der Waals surface area contributed by atoms with Crippen molar-refractivity contribution in [2.45, 2.75) is 26.9 Å². The molecule has 0 aliphatic carbocycles. The molecule has 1 aromatic heterocycles. The topological polar surface area (TPSA) is 48.3 Å². The van der Waals surface area contributed by atoms with Gasteiger partial charge in [0, 0.05) is 5.69 Å². The smallest absolute Gasteiger partial charge is 0.129 e. The number of nitrogens with one attached hydrogen (secondary N) is 1. The third kappa shape index (κ3) is 4.74. The maximum Gasteiger partial charge on any atom is 0.129 e. The Labute approximate surface area is 177 Å². The van der Waals surface area contributed by atoms with E-state index in [1.165, 1.54) is 5.56 Å². The Kier molecular flexibility index (Phi) is 6.18. The molecule has 0 atom stereocenters. The Hall–Kier alpha value is -3.47. The summed E-state index contributed by atoms with van der Waals surface area (Å²) in [6.45, 7) is 6.67. The highest BCUT2D eigenvalue weighted by molar-refractivity contribution is 5.76. The zero-order chi connectivity index (χ0) is 20.8. The van der Waals surface area contributed by atoms with Gasteiger partial charge in [0.1, 0.15) is 23.9 Å². The quantitative estimate of drug-likeness (QED) is 0.406. The van der Waals surface area contributed by atoms with E-state index in [1.807, 2.05) is 61.5 Å². The van der Waals surface area contributed by atoms with Gasteiger partial charge in [-0.1, -0.05) is 29.8 Å². The average Bonchev–Trinajstić information content (AvgIpc) is 3.12. The fourth-order valence-corrected chi connectivity index (χ4v) is 3.42. The minimum absolute atomic E-state index is 0.583. The fraction of sp³-hybridized carbons (Fsp3) is 0.240. The molecule has 0 amide bonds. The van der Waals surface area contributed by atoms with Crippen LogP contribution in [0.4, 0.5) is 5.69 Å². The normalized spacial score (nSPS) is 10.9. The van der Waals surface area contributed by atoms with Gasteiger partial charge in [0.2, 0.25) is 0 Å². The summed E-state index contributed by atoms with van der Waals surface area (Å²) < 4.78 is 13.7. The van der Waals surface area contributed by atoms with Crippen LogP contribution in [-0.2, 0) is 13.1 Å². The molecular formula is C25H27N3O2. The predicted molar refractivity (Wildman–Crippen MR) is 121 cm³/mol. The van der Waals surface area contributed by atoms with E-state index in [1.54, 1.807) is 0 Å². The first-order chi connectivity index (χ1) is 14.7. The minimum atomic E-state index is 0.583. The lowest BCUT2D eigenvalue weighted by molar-refractivity contribution is 0.298. The molecule has 154 valence electrons. The van der Waals surface area contributed by atoms with Crippen molar-refractivity contribution < 1.29 is 9.47 Å². The summed E-state index contributed by atoms with van der Waals surface area (Å²) in [6.07, 6.45) is 0. The summed E-state index contributed by atoms with van der Waals surface area (Å²) in [5.41, 5.74) is 4.38. The number of imidazole rings is 1. The maximum absolute atomic E-state index is 5.95. The number of aryl methyl sites for hydroxylation is 1. The van der Waals surface area contributed by atoms with Crippen molar-refractivity contribution in [3.05, 3.63) is 84.2 Å². The average molecular weight is 402 g/mol. The van der Waals surface area contributed by atoms with Crippen LogP contribution in [0.3, 0.4) is 0 Å². The van der Waals surface area contributed by atoms with E-state index >= 15 is 0 Å². The summed E-state index contributed by atoms with van der Waals surface area (Å²) in [7, 11) is 0. The Bertz CT molecular complexity index is 1090. The van der Waals surface area contributed by atoms with Crippen LogP contribution in [0.2, 0.25) is 0 Å². The molecule has 0 aliphatic heterocycles. The summed E-state index contributed by atoms with van der Waals surface area (Å²) >= 11 is 0. The number of rotatable bonds is 9. The third-order valence-corrected chi connectivity index (χ3v) is 4.95. The molecule has 0 spiro atoms. The van der Waals surface area contributed by atoms with Gasteiger partial charge < -0.3 is 19.4 Å². The Morgan fingerprint density at radius 3 is 2.33 bits per heavy atom. The van der Waals surface area contributed by atoms with E-state index in [4.69, 9.17) is 14.5 Å². The lowest BCUT2D eigenvalue weighted by Crippen LogP contribution is -2.13. The van der Waals surface area contributed by atoms with Gasteiger partial charge in [-0.3, -0.25) is 0 Å². The zero-order valence-corrected chi connectivity index (χ0v) is 17.5. The molecule has 3 aromatic carbocycles. The molecule has 0 fully saturated rings. The SMILES string of the molecule is CCOc1ccc(NCc2nc3ccccc3n2CCOc2ccc(C)cc2)cc1. The first kappa shape index (κ1) is 19.8. The van der Waals surface area contributed by atoms with Crippen molar-refractivity contribution in [1.82, 2.24) is 9.55 Å². The predicted octanol–water partition coefficient (Wildman–Crippen LogP) is 5.43. The number of fused-ring (bicyclic) bond motifs is 1. The molecule has 1 N–H and O–H groups in total. The highest BCUT2D eigenvalue weighted by Gasteiger charge is 2.10. The van der Waals surface area contributed by atoms with Crippen LogP contribution in [0, 0.1) is 6.92 Å². The van der Waals surface area contributed by atoms with Gasteiger partial charge in [-0.2, -0.15) is 0 Å². The summed E-state index contributed by atoms with van der Waals surface area (Å²) in [5, 5.41) is 3.47. The number of para-hydroxylation sites is 2. The van der Waals surface area contributed by atoms with Crippen LogP contribution >= 0.6 is 0 Å². The van der Waals surface area contributed by atoms with Gasteiger partial charge in [0.15, 0.2) is 0 Å². The second-order valence-electron chi connectivity index (χ2n) is 7.14. The van der Waals surface area contributed by atoms with E-state index in [9.17, 15) is 0 Å². The molecule has 0 saturated heterocycles. The van der Waals surface area contributed by atoms with E-state index in [0.29, 0.717) is 19.8 Å². The lowest BCUT2D eigenvalue weighted by atomic mass is 10.2. The van der Waals surface area contributed by atoms with E-state index < -0.39 is 0 Å². The van der Waals surface area contributed by atoms with Crippen LogP contribution in [-0.4, -0.2) is 22.8 Å². The standard InChI is InChI=1S/C25H27N3O2/c1-3-29-21-14-10-20(11-15-21)26-18-25-27-23-6-4-5-7-24(23)28(25)16-17-30-22-12-8-19(2)9-13-22/h4-15,26H,3,16-18H2,1-2H3. The lowest BCUT2D eigenvalue weighted by Gasteiger charge is -2.12. The van der Waals surface area contributed by atoms with Crippen LogP contribution in [0.5, 0.6) is 11.5 Å². The van der Waals surface area contributed by atoms with Gasteiger partial charge in [-0.25, -0.2) is 4.98 Å². The van der Waals surface area contributed by atoms with Crippen molar-refractivity contribution in [3.63, 3.8) is 0 Å². The van der Waals surface area contributed by atoms with Crippen LogP contribution in [0.15, 0.2) is 72.8 Å². The molecule has 5 nitrogen and oxygen atoms in total. The highest BCUT2D eigenvalue weighted by atomic mass is 16.5. The van der Waals surface area contributed by atoms with Crippen molar-refractivity contribution in [2.24, 2.45) is 0 Å². The second-order valence-corrected chi connectivity index (χ2v) is 7.14. The number of benzene rings is 3. The number of nitrogens with zero attached hydrogens (tertiary/aromatic N) is 2. The van der Waals surface area contributed by atoms with E-state index in [0.717, 1.165) is 40.6 Å². The van der Waals surface area contributed by atoms with E-state index in [-0.39, 0.29) is 0 Å². The summed E-state index contributed by atoms with van der Waals surface area (Å²) in [6, 6.07) is 24.4. The van der Waals surface area contributed by atoms with Crippen molar-refractivity contribution in [3.8, 4) is 11.5 Å². The molecule has 0 unspecified atom stereocenters. The molecule has 0 bridgehead atoms. The molecule has 4 aromatic rings. The molecule has 1 heterocycles. The number of anilines is 1. The monoisotopic (exact) mass is 401 g/mol. The van der Waals surface area contributed by atoms with E-state index in [2.05, 4.69) is 35.0 Å². The molecule has 4 rings (SSSR count). The Morgan fingerprint density at radius 1 is 0.867 bits per heavy atom. The molecule has 0 aliphatic rings. The second kappa shape index (κ2) is 9.35. The molecule has 0 saturated carbocycles. The maximum atomic E-state index is 5.95. The van der Waals surface area contributed by atoms with Crippen LogP contribution < -0.4 is 14.8 Å². The molecule has 30 heavy (non-hydrogen) atoms. The van der Waals surface area contributed by atoms with Crippen molar-refractivity contribution in [1.29, 1.82) is 0 Å². The molecule has 5 heteroatoms. The van der Waals surface area contributed by atoms with Gasteiger partial charge in [-0.15, -0.1) is 0 Å². The first-order valence-corrected chi connectivity index (χ1v) is 10.3. The minimum Gasteiger partial charge on any atom is -0.494 e. The largest absolute Gasteiger partial charge is 0.494 e. The van der Waals surface area contributed by atoms with Crippen LogP contribution in [0.25, 0.3) is 11.0 Å². The molecule has 0 radical (unpaired) electrons. The summed E-state index contributed by atoms with van der Waals surface area (Å²) in [5.74, 6) is 2.75. The third-order valence-electron chi connectivity index (χ3n) is 4.95. The van der Waals surface area contributed by atoms with Crippen LogP contribution in [0.1, 0.15) is 18.3 Å². The van der Waals surface area contributed by atoms with Gasteiger partial charge >= 0.3 is 0 Å². The highest BCUT2D eigenvalue weighted by Crippen LogP contribution is 2.20. The fourth-order valence-electron chi connectivity index (χ4n) is 3.42. The first-order valence-electron chi connectivity index (χ1n) is 10.3. The number of aromatic nitrogens is 2. The number of ether oxygens (including phenoxy) is 2. The van der Waals surface area contributed by atoms with Gasteiger partial charge in [-0.05, 0) is 62.4 Å². The van der Waals surface area contributed by atoms with Crippen molar-refractivity contribution >= 4 is 16.7 Å². The Morgan fingerprint density at radius 2 is 1.57 bits per heavy atom. The van der Waals surface area contributed by atoms with Gasteiger partial charge in [0.05, 0.1) is 30.7 Å². The van der Waals surface area contributed by atoms with Gasteiger partial charge in [0.25, 0.3) is 0 Å². The number of hydrogen-bond donors (Lipinski definition) is 1. The summed E-state index contributed by atoms with van der Waals surface area (Å²) in [4.78, 5) is 4.83. The Balaban J connectivity index is 1.46. The van der Waals surface area contributed by atoms with Crippen molar-refractivity contribution in [2.75, 3.05) is 18.5 Å².